The van der Waals surface area contributed by atoms with Crippen molar-refractivity contribution in [3.05, 3.63) is 42.1 Å². The lowest BCUT2D eigenvalue weighted by atomic mass is 10.1. The molecule has 1 aliphatic heterocycles. The van der Waals surface area contributed by atoms with Gasteiger partial charge in [0.25, 0.3) is 0 Å². The van der Waals surface area contributed by atoms with Crippen LogP contribution in [-0.2, 0) is 9.53 Å². The van der Waals surface area contributed by atoms with Crippen molar-refractivity contribution >= 4 is 29.2 Å². The number of hydrogen-bond acceptors (Lipinski definition) is 7. The van der Waals surface area contributed by atoms with Crippen LogP contribution >= 0.6 is 11.9 Å². The summed E-state index contributed by atoms with van der Waals surface area (Å²) in [4.78, 5) is 18.4. The predicted octanol–water partition coefficient (Wildman–Crippen LogP) is 3.50. The highest BCUT2D eigenvalue weighted by atomic mass is 32.2. The third kappa shape index (κ3) is 5.40. The van der Waals surface area contributed by atoms with Gasteiger partial charge in [-0.25, -0.2) is 9.37 Å². The minimum absolute atomic E-state index is 0.0117. The Balaban J connectivity index is 1.94. The van der Waals surface area contributed by atoms with E-state index in [1.807, 2.05) is 0 Å². The molecule has 1 amide bonds. The molecule has 1 fully saturated rings. The Kier molecular flexibility index (Phi) is 7.41. The molecule has 2 atom stereocenters. The Labute approximate surface area is 184 Å². The fourth-order valence-electron chi connectivity index (χ4n) is 3.43. The van der Waals surface area contributed by atoms with Crippen LogP contribution in [-0.4, -0.2) is 49.5 Å². The van der Waals surface area contributed by atoms with Gasteiger partial charge in [-0.05, 0) is 42.6 Å². The van der Waals surface area contributed by atoms with Crippen molar-refractivity contribution in [3.8, 4) is 5.75 Å². The van der Waals surface area contributed by atoms with Crippen molar-refractivity contribution in [1.82, 2.24) is 4.98 Å². The van der Waals surface area contributed by atoms with Crippen molar-refractivity contribution < 1.29 is 36.2 Å². The summed E-state index contributed by atoms with van der Waals surface area (Å²) in [7, 11) is 1.12. The van der Waals surface area contributed by atoms with Crippen molar-refractivity contribution in [1.29, 1.82) is 0 Å². The topological polar surface area (TPSA) is 89.7 Å². The lowest BCUT2D eigenvalue weighted by Crippen LogP contribution is -2.47. The summed E-state index contributed by atoms with van der Waals surface area (Å²) in [6.45, 7) is -1.52. The number of anilines is 2. The number of nitrogens with one attached hydrogen (secondary N) is 1. The molecule has 7 nitrogen and oxygen atoms in total. The number of halogens is 5. The molecule has 1 aliphatic rings. The molecule has 0 saturated carbocycles. The van der Waals surface area contributed by atoms with Crippen molar-refractivity contribution in [2.45, 2.75) is 29.8 Å². The fourth-order valence-corrected chi connectivity index (χ4v) is 3.75. The summed E-state index contributed by atoms with van der Waals surface area (Å²) in [6, 6.07) is 3.71. The molecule has 13 heteroatoms. The maximum Gasteiger partial charge on any atom is 0.411 e. The van der Waals surface area contributed by atoms with Gasteiger partial charge < -0.3 is 19.7 Å². The van der Waals surface area contributed by atoms with Gasteiger partial charge in [0.1, 0.15) is 17.7 Å². The number of hydrogen-bond donors (Lipinski definition) is 2. The van der Waals surface area contributed by atoms with Crippen molar-refractivity contribution in [3.63, 3.8) is 0 Å². The SMILES string of the molecule is COc1c(N2CCC(OCC(F)(F)F)C2C(=O)Nc2ccnc(SN)c2)ccc(F)c1F. The Morgan fingerprint density at radius 3 is 2.75 bits per heavy atom. The highest BCUT2D eigenvalue weighted by molar-refractivity contribution is 7.97. The number of methoxy groups -OCH3 is 1. The summed E-state index contributed by atoms with van der Waals surface area (Å²) >= 11 is 0.843. The maximum absolute atomic E-state index is 14.2. The van der Waals surface area contributed by atoms with Crippen LogP contribution in [0.15, 0.2) is 35.5 Å². The maximum atomic E-state index is 14.2. The first-order valence-corrected chi connectivity index (χ1v) is 10.1. The number of amides is 1. The molecule has 32 heavy (non-hydrogen) atoms. The molecule has 0 radical (unpaired) electrons. The van der Waals surface area contributed by atoms with Crippen LogP contribution < -0.4 is 20.1 Å². The zero-order valence-electron chi connectivity index (χ0n) is 16.7. The second-order valence-corrected chi connectivity index (χ2v) is 7.45. The van der Waals surface area contributed by atoms with Gasteiger partial charge in [0.15, 0.2) is 11.6 Å². The molecule has 0 bridgehead atoms. The Morgan fingerprint density at radius 2 is 2.09 bits per heavy atom. The van der Waals surface area contributed by atoms with E-state index in [4.69, 9.17) is 14.6 Å². The molecule has 0 aliphatic carbocycles. The van der Waals surface area contributed by atoms with Gasteiger partial charge >= 0.3 is 6.18 Å². The lowest BCUT2D eigenvalue weighted by Gasteiger charge is -2.30. The number of ether oxygens (including phenoxy) is 2. The van der Waals surface area contributed by atoms with Crippen LogP contribution in [0.1, 0.15) is 6.42 Å². The fraction of sp³-hybridized carbons (Fsp3) is 0.368. The standard InChI is InChI=1S/C19H19F5N4O3S/c1-30-17-12(3-2-11(20)15(17)21)28-7-5-13(31-9-19(22,23)24)16(28)18(29)27-10-4-6-26-14(8-10)32-25/h2-4,6,8,13,16H,5,7,9,25H2,1H3,(H,26,27,29). The number of nitrogens with two attached hydrogens (primary N) is 1. The molecular weight excluding hydrogens is 459 g/mol. The number of carbonyl (C=O) groups is 1. The third-order valence-corrected chi connectivity index (χ3v) is 5.20. The van der Waals surface area contributed by atoms with Gasteiger partial charge in [0.2, 0.25) is 11.7 Å². The first-order chi connectivity index (χ1) is 15.1. The Bertz CT molecular complexity index is 978. The highest BCUT2D eigenvalue weighted by Gasteiger charge is 2.43. The van der Waals surface area contributed by atoms with Crippen LogP contribution in [0.25, 0.3) is 0 Å². The summed E-state index contributed by atoms with van der Waals surface area (Å²) in [6.07, 6.45) is -4.34. The van der Waals surface area contributed by atoms with E-state index in [0.717, 1.165) is 25.1 Å². The molecule has 2 aromatic rings. The van der Waals surface area contributed by atoms with Gasteiger partial charge in [0.05, 0.1) is 18.9 Å². The average molecular weight is 478 g/mol. The molecule has 3 rings (SSSR count). The van der Waals surface area contributed by atoms with E-state index in [2.05, 4.69) is 10.3 Å². The second kappa shape index (κ2) is 9.88. The van der Waals surface area contributed by atoms with E-state index in [9.17, 15) is 26.7 Å². The largest absolute Gasteiger partial charge is 0.491 e. The van der Waals surface area contributed by atoms with Gasteiger partial charge in [0, 0.05) is 18.4 Å². The molecule has 2 unspecified atom stereocenters. The summed E-state index contributed by atoms with van der Waals surface area (Å²) in [5.41, 5.74) is 0.314. The first kappa shape index (κ1) is 24.0. The molecule has 0 spiro atoms. The van der Waals surface area contributed by atoms with Crippen LogP contribution in [0.4, 0.5) is 33.3 Å². The van der Waals surface area contributed by atoms with E-state index in [1.54, 1.807) is 0 Å². The summed E-state index contributed by atoms with van der Waals surface area (Å²) in [5.74, 6) is -3.62. The van der Waals surface area contributed by atoms with Gasteiger partial charge in [-0.1, -0.05) is 0 Å². The van der Waals surface area contributed by atoms with Crippen LogP contribution in [0.2, 0.25) is 0 Å². The number of alkyl halides is 3. The van der Waals surface area contributed by atoms with Crippen molar-refractivity contribution in [2.75, 3.05) is 30.5 Å². The number of pyridine rings is 1. The molecule has 3 N–H and O–H groups in total. The lowest BCUT2D eigenvalue weighted by molar-refractivity contribution is -0.186. The van der Waals surface area contributed by atoms with Crippen LogP contribution in [0.3, 0.4) is 0 Å². The van der Waals surface area contributed by atoms with E-state index < -0.39 is 48.2 Å². The third-order valence-electron chi connectivity index (χ3n) is 4.74. The Morgan fingerprint density at radius 1 is 1.34 bits per heavy atom. The quantitative estimate of drug-likeness (QED) is 0.465. The molecule has 1 saturated heterocycles. The number of aromatic nitrogens is 1. The smallest absolute Gasteiger partial charge is 0.411 e. The number of benzene rings is 1. The Hall–Kier alpha value is -2.64. The molecule has 1 aromatic heterocycles. The summed E-state index contributed by atoms with van der Waals surface area (Å²) < 4.78 is 76.1. The van der Waals surface area contributed by atoms with E-state index in [0.29, 0.717) is 10.7 Å². The van der Waals surface area contributed by atoms with E-state index >= 15 is 0 Å². The van der Waals surface area contributed by atoms with Gasteiger partial charge in [-0.15, -0.1) is 0 Å². The molecule has 1 aromatic carbocycles. The predicted molar refractivity (Wildman–Crippen MR) is 107 cm³/mol. The van der Waals surface area contributed by atoms with E-state index in [-0.39, 0.29) is 18.7 Å². The normalized spacial score (nSPS) is 18.7. The monoisotopic (exact) mass is 478 g/mol. The van der Waals surface area contributed by atoms with Crippen LogP contribution in [0, 0.1) is 11.6 Å². The summed E-state index contributed by atoms with van der Waals surface area (Å²) in [5, 5.41) is 8.45. The van der Waals surface area contributed by atoms with Crippen LogP contribution in [0.5, 0.6) is 5.75 Å². The van der Waals surface area contributed by atoms with Crippen molar-refractivity contribution in [2.24, 2.45) is 5.14 Å². The zero-order chi connectivity index (χ0) is 23.5. The minimum Gasteiger partial charge on any atom is -0.491 e. The van der Waals surface area contributed by atoms with Gasteiger partial charge in [-0.2, -0.15) is 17.6 Å². The minimum atomic E-state index is -4.60. The number of carbonyl (C=O) groups excluding carboxylic acids is 1. The first-order valence-electron chi connectivity index (χ1n) is 9.25. The average Bonchev–Trinajstić information content (AvgIpc) is 3.17. The van der Waals surface area contributed by atoms with Gasteiger partial charge in [-0.3, -0.25) is 9.93 Å². The molecular formula is C19H19F5N4O3S. The number of rotatable bonds is 7. The zero-order valence-corrected chi connectivity index (χ0v) is 17.5. The second-order valence-electron chi connectivity index (χ2n) is 6.80. The molecule has 174 valence electrons. The number of nitrogens with zero attached hydrogens (tertiary/aromatic N) is 2. The molecule has 2 heterocycles. The van der Waals surface area contributed by atoms with E-state index in [1.165, 1.54) is 29.3 Å². The highest BCUT2D eigenvalue weighted by Crippen LogP contribution is 2.38.